The number of nitrogens with zero attached hydrogens (tertiary/aromatic N) is 2. The number of hydrogen-bond acceptors (Lipinski definition) is 4. The van der Waals surface area contributed by atoms with E-state index in [0.717, 1.165) is 27.8 Å². The van der Waals surface area contributed by atoms with Gasteiger partial charge >= 0.3 is 0 Å². The van der Waals surface area contributed by atoms with Gasteiger partial charge in [0.15, 0.2) is 0 Å². The van der Waals surface area contributed by atoms with E-state index < -0.39 is 28.5 Å². The van der Waals surface area contributed by atoms with Gasteiger partial charge in [-0.05, 0) is 67.1 Å². The van der Waals surface area contributed by atoms with Gasteiger partial charge in [0.25, 0.3) is 10.0 Å². The molecule has 7 nitrogen and oxygen atoms in total. The Morgan fingerprint density at radius 1 is 0.778 bits per heavy atom. The number of benzene rings is 4. The normalized spacial score (nSPS) is 12.0. The van der Waals surface area contributed by atoms with Crippen LogP contribution in [0.1, 0.15) is 41.7 Å². The topological polar surface area (TPSA) is 86.8 Å². The van der Waals surface area contributed by atoms with E-state index in [2.05, 4.69) is 5.32 Å². The zero-order valence-corrected chi connectivity index (χ0v) is 27.6. The molecule has 0 saturated heterocycles. The highest BCUT2D eigenvalue weighted by Crippen LogP contribution is 2.28. The quantitative estimate of drug-likeness (QED) is 0.191. The van der Waals surface area contributed by atoms with Crippen LogP contribution in [0.4, 0.5) is 5.69 Å². The van der Waals surface area contributed by atoms with Gasteiger partial charge in [-0.1, -0.05) is 104 Å². The molecule has 236 valence electrons. The first-order valence-electron chi connectivity index (χ1n) is 15.3. The second-order valence-corrected chi connectivity index (χ2v) is 13.8. The summed E-state index contributed by atoms with van der Waals surface area (Å²) in [5.74, 6) is -0.542. The predicted octanol–water partition coefficient (Wildman–Crippen LogP) is 6.22. The molecule has 0 aromatic heterocycles. The molecule has 0 aliphatic rings. The molecule has 8 heteroatoms. The van der Waals surface area contributed by atoms with E-state index in [-0.39, 0.29) is 29.7 Å². The average molecular weight is 626 g/mol. The fraction of sp³-hybridized carbons (Fsp3) is 0.297. The van der Waals surface area contributed by atoms with Crippen molar-refractivity contribution in [1.29, 1.82) is 0 Å². The molecule has 0 aliphatic heterocycles. The Balaban J connectivity index is 1.82. The lowest BCUT2D eigenvalue weighted by atomic mass is 10.0. The zero-order chi connectivity index (χ0) is 32.6. The third-order valence-corrected chi connectivity index (χ3v) is 9.56. The molecule has 4 aromatic carbocycles. The number of carbonyl (C=O) groups is 2. The molecule has 0 fully saturated rings. The average Bonchev–Trinajstić information content (AvgIpc) is 3.02. The minimum Gasteiger partial charge on any atom is -0.354 e. The highest BCUT2D eigenvalue weighted by molar-refractivity contribution is 7.92. The Morgan fingerprint density at radius 2 is 1.40 bits per heavy atom. The zero-order valence-electron chi connectivity index (χ0n) is 26.7. The summed E-state index contributed by atoms with van der Waals surface area (Å²) in [6.07, 6.45) is 0.275. The molecule has 2 amide bonds. The minimum atomic E-state index is -4.14. The van der Waals surface area contributed by atoms with Crippen molar-refractivity contribution in [3.05, 3.63) is 131 Å². The Hall–Kier alpha value is -4.43. The van der Waals surface area contributed by atoms with Gasteiger partial charge in [0.2, 0.25) is 11.8 Å². The van der Waals surface area contributed by atoms with Crippen LogP contribution in [0.25, 0.3) is 0 Å². The monoisotopic (exact) mass is 625 g/mol. The SMILES string of the molecule is Cc1ccc(N(CC(=O)N(Cc2ccccc2C)C(Cc2ccccc2)C(=O)NCC(C)C)S(=O)(=O)c2ccccc2)c(C)c1. The van der Waals surface area contributed by atoms with Crippen LogP contribution in [-0.2, 0) is 32.6 Å². The second kappa shape index (κ2) is 15.0. The Labute approximate surface area is 268 Å². The number of rotatable bonds is 13. The van der Waals surface area contributed by atoms with E-state index in [0.29, 0.717) is 12.2 Å². The fourth-order valence-electron chi connectivity index (χ4n) is 5.27. The fourth-order valence-corrected chi connectivity index (χ4v) is 6.77. The standard InChI is InChI=1S/C37H43N3O4S/c1-27(2)24-38-37(42)35(23-31-15-8-6-9-16-31)39(25-32-17-13-12-14-29(32)4)36(41)26-40(34-21-20-28(3)22-30(34)5)45(43,44)33-18-10-7-11-19-33/h6-22,27,35H,23-26H2,1-5H3,(H,38,42). The van der Waals surface area contributed by atoms with E-state index in [1.807, 2.05) is 101 Å². The molecule has 0 aliphatic carbocycles. The number of amides is 2. The Morgan fingerprint density at radius 3 is 2.02 bits per heavy atom. The maximum atomic E-state index is 14.6. The van der Waals surface area contributed by atoms with Gasteiger partial charge in [-0.15, -0.1) is 0 Å². The molecule has 1 atom stereocenters. The third-order valence-electron chi connectivity index (χ3n) is 7.79. The first-order valence-corrected chi connectivity index (χ1v) is 16.7. The van der Waals surface area contributed by atoms with Crippen LogP contribution in [0.15, 0.2) is 108 Å². The summed E-state index contributed by atoms with van der Waals surface area (Å²) in [4.78, 5) is 30.1. The van der Waals surface area contributed by atoms with Crippen LogP contribution in [0.2, 0.25) is 0 Å². The van der Waals surface area contributed by atoms with Crippen molar-refractivity contribution in [3.8, 4) is 0 Å². The molecule has 1 N–H and O–H groups in total. The number of sulfonamides is 1. The number of nitrogens with one attached hydrogen (secondary N) is 1. The maximum Gasteiger partial charge on any atom is 0.264 e. The van der Waals surface area contributed by atoms with Crippen molar-refractivity contribution in [2.24, 2.45) is 5.92 Å². The van der Waals surface area contributed by atoms with Crippen molar-refractivity contribution < 1.29 is 18.0 Å². The van der Waals surface area contributed by atoms with Crippen molar-refractivity contribution in [2.75, 3.05) is 17.4 Å². The van der Waals surface area contributed by atoms with Crippen LogP contribution in [0, 0.1) is 26.7 Å². The number of carbonyl (C=O) groups excluding carboxylic acids is 2. The molecule has 4 rings (SSSR count). The van der Waals surface area contributed by atoms with Crippen molar-refractivity contribution in [1.82, 2.24) is 10.2 Å². The predicted molar refractivity (Wildman–Crippen MR) is 180 cm³/mol. The first-order chi connectivity index (χ1) is 21.5. The summed E-state index contributed by atoms with van der Waals surface area (Å²) < 4.78 is 29.6. The molecule has 1 unspecified atom stereocenters. The van der Waals surface area contributed by atoms with E-state index in [9.17, 15) is 18.0 Å². The molecule has 45 heavy (non-hydrogen) atoms. The molecule has 0 heterocycles. The molecular weight excluding hydrogens is 582 g/mol. The van der Waals surface area contributed by atoms with Gasteiger partial charge < -0.3 is 10.2 Å². The van der Waals surface area contributed by atoms with E-state index in [1.165, 1.54) is 16.4 Å². The van der Waals surface area contributed by atoms with Crippen LogP contribution < -0.4 is 9.62 Å². The van der Waals surface area contributed by atoms with E-state index in [1.54, 1.807) is 29.2 Å². The Bertz CT molecular complexity index is 1710. The highest BCUT2D eigenvalue weighted by atomic mass is 32.2. The maximum absolute atomic E-state index is 14.6. The largest absolute Gasteiger partial charge is 0.354 e. The summed E-state index contributed by atoms with van der Waals surface area (Å²) in [5, 5.41) is 3.03. The van der Waals surface area contributed by atoms with Gasteiger partial charge in [-0.3, -0.25) is 13.9 Å². The van der Waals surface area contributed by atoms with Crippen LogP contribution in [0.3, 0.4) is 0 Å². The molecule has 0 spiro atoms. The minimum absolute atomic E-state index is 0.0822. The van der Waals surface area contributed by atoms with Gasteiger partial charge in [-0.2, -0.15) is 0 Å². The molecule has 0 bridgehead atoms. The van der Waals surface area contributed by atoms with Gasteiger partial charge in [0.05, 0.1) is 10.6 Å². The van der Waals surface area contributed by atoms with Crippen LogP contribution >= 0.6 is 0 Å². The van der Waals surface area contributed by atoms with Crippen molar-refractivity contribution in [2.45, 2.75) is 58.5 Å². The summed E-state index contributed by atoms with van der Waals surface area (Å²) in [6.45, 7) is 9.88. The summed E-state index contributed by atoms with van der Waals surface area (Å²) in [7, 11) is -4.14. The highest BCUT2D eigenvalue weighted by Gasteiger charge is 2.35. The van der Waals surface area contributed by atoms with E-state index >= 15 is 0 Å². The molecule has 0 saturated carbocycles. The number of hydrogen-bond donors (Lipinski definition) is 1. The van der Waals surface area contributed by atoms with Gasteiger partial charge in [0, 0.05) is 19.5 Å². The lowest BCUT2D eigenvalue weighted by Gasteiger charge is -2.34. The number of aryl methyl sites for hydroxylation is 3. The van der Waals surface area contributed by atoms with Crippen LogP contribution in [0.5, 0.6) is 0 Å². The van der Waals surface area contributed by atoms with Crippen molar-refractivity contribution >= 4 is 27.5 Å². The second-order valence-electron chi connectivity index (χ2n) is 11.9. The van der Waals surface area contributed by atoms with E-state index in [4.69, 9.17) is 0 Å². The smallest absolute Gasteiger partial charge is 0.264 e. The summed E-state index contributed by atoms with van der Waals surface area (Å²) >= 11 is 0. The molecular formula is C37H43N3O4S. The summed E-state index contributed by atoms with van der Waals surface area (Å²) in [6, 6.07) is 30.0. The third kappa shape index (κ3) is 8.60. The molecule has 0 radical (unpaired) electrons. The number of anilines is 1. The lowest BCUT2D eigenvalue weighted by molar-refractivity contribution is -0.140. The van der Waals surface area contributed by atoms with Gasteiger partial charge in [-0.25, -0.2) is 8.42 Å². The summed E-state index contributed by atoms with van der Waals surface area (Å²) in [5.41, 5.74) is 4.86. The first kappa shape index (κ1) is 33.5. The van der Waals surface area contributed by atoms with Crippen molar-refractivity contribution in [3.63, 3.8) is 0 Å². The lowest BCUT2D eigenvalue weighted by Crippen LogP contribution is -2.54. The van der Waals surface area contributed by atoms with Crippen LogP contribution in [-0.4, -0.2) is 44.3 Å². The Kier molecular flexibility index (Phi) is 11.2. The molecule has 4 aromatic rings. The van der Waals surface area contributed by atoms with Gasteiger partial charge in [0.1, 0.15) is 12.6 Å².